The van der Waals surface area contributed by atoms with Crippen molar-refractivity contribution in [2.45, 2.75) is 0 Å². The summed E-state index contributed by atoms with van der Waals surface area (Å²) in [6, 6.07) is 22.9. The molecule has 3 aromatic rings. The molecule has 0 aliphatic heterocycles. The summed E-state index contributed by atoms with van der Waals surface area (Å²) in [5.41, 5.74) is 2.37. The maximum absolute atomic E-state index is 12.3. The van der Waals surface area contributed by atoms with E-state index in [-0.39, 0.29) is 5.91 Å². The van der Waals surface area contributed by atoms with Crippen molar-refractivity contribution < 1.29 is 4.79 Å². The smallest absolute Gasteiger partial charge is 0.272 e. The van der Waals surface area contributed by atoms with Crippen molar-refractivity contribution in [3.8, 4) is 5.69 Å². The molecule has 0 aliphatic carbocycles. The van der Waals surface area contributed by atoms with Crippen molar-refractivity contribution in [3.05, 3.63) is 84.7 Å². The first kappa shape index (κ1) is 12.2. The molecule has 0 bridgehead atoms. The fourth-order valence-electron chi connectivity index (χ4n) is 2.10. The highest BCUT2D eigenvalue weighted by Gasteiger charge is 2.11. The highest BCUT2D eigenvalue weighted by atomic mass is 16.1. The van der Waals surface area contributed by atoms with E-state index in [1.165, 1.54) is 0 Å². The molecule has 0 saturated carbocycles. The standard InChI is InChI=1S/C17H14N2O/c20-17(18-14-8-3-1-4-9-14)16-12-7-13-19(16)15-10-5-2-6-11-15/h1-13H,(H,18,20). The van der Waals surface area contributed by atoms with Crippen molar-refractivity contribution in [1.82, 2.24) is 4.57 Å². The van der Waals surface area contributed by atoms with Crippen LogP contribution in [0, 0.1) is 0 Å². The van der Waals surface area contributed by atoms with Gasteiger partial charge in [-0.15, -0.1) is 0 Å². The van der Waals surface area contributed by atoms with E-state index in [4.69, 9.17) is 0 Å². The number of carbonyl (C=O) groups excluding carboxylic acids is 1. The molecule has 0 radical (unpaired) electrons. The molecule has 3 heteroatoms. The third-order valence-electron chi connectivity index (χ3n) is 3.05. The third-order valence-corrected chi connectivity index (χ3v) is 3.05. The Morgan fingerprint density at radius 1 is 0.800 bits per heavy atom. The maximum atomic E-state index is 12.3. The highest BCUT2D eigenvalue weighted by Crippen LogP contribution is 2.14. The van der Waals surface area contributed by atoms with E-state index < -0.39 is 0 Å². The lowest BCUT2D eigenvalue weighted by atomic mass is 10.3. The SMILES string of the molecule is O=C(Nc1ccccc1)c1cccn1-c1ccccc1. The Bertz CT molecular complexity index is 702. The van der Waals surface area contributed by atoms with Gasteiger partial charge in [0.05, 0.1) is 0 Å². The van der Waals surface area contributed by atoms with Crippen LogP contribution in [0.2, 0.25) is 0 Å². The quantitative estimate of drug-likeness (QED) is 0.766. The number of anilines is 1. The van der Waals surface area contributed by atoms with Gasteiger partial charge in [0.15, 0.2) is 0 Å². The second kappa shape index (κ2) is 5.45. The lowest BCUT2D eigenvalue weighted by Gasteiger charge is -2.09. The van der Waals surface area contributed by atoms with Crippen molar-refractivity contribution in [2.24, 2.45) is 0 Å². The van der Waals surface area contributed by atoms with Crippen LogP contribution in [0.5, 0.6) is 0 Å². The molecule has 0 unspecified atom stereocenters. The van der Waals surface area contributed by atoms with Crippen molar-refractivity contribution in [3.63, 3.8) is 0 Å². The third kappa shape index (κ3) is 2.47. The minimum Gasteiger partial charge on any atom is -0.321 e. The number of rotatable bonds is 3. The summed E-state index contributed by atoms with van der Waals surface area (Å²) >= 11 is 0. The van der Waals surface area contributed by atoms with E-state index in [9.17, 15) is 4.79 Å². The molecule has 0 atom stereocenters. The molecule has 1 heterocycles. The van der Waals surface area contributed by atoms with Gasteiger partial charge in [0.2, 0.25) is 0 Å². The van der Waals surface area contributed by atoms with Crippen LogP contribution in [0.3, 0.4) is 0 Å². The lowest BCUT2D eigenvalue weighted by Crippen LogP contribution is -2.15. The molecule has 98 valence electrons. The number of aromatic nitrogens is 1. The molecule has 1 N–H and O–H groups in total. The zero-order chi connectivity index (χ0) is 13.8. The second-order valence-electron chi connectivity index (χ2n) is 4.42. The number of amides is 1. The molecule has 3 rings (SSSR count). The summed E-state index contributed by atoms with van der Waals surface area (Å²) in [5, 5.41) is 2.89. The molecule has 0 spiro atoms. The molecule has 0 saturated heterocycles. The summed E-state index contributed by atoms with van der Waals surface area (Å²) in [7, 11) is 0. The van der Waals surface area contributed by atoms with Crippen LogP contribution < -0.4 is 5.32 Å². The van der Waals surface area contributed by atoms with Gasteiger partial charge in [0.25, 0.3) is 5.91 Å². The molecule has 20 heavy (non-hydrogen) atoms. The number of hydrogen-bond acceptors (Lipinski definition) is 1. The van der Waals surface area contributed by atoms with Gasteiger partial charge in [-0.25, -0.2) is 0 Å². The molecule has 0 fully saturated rings. The van der Waals surface area contributed by atoms with Crippen molar-refractivity contribution >= 4 is 11.6 Å². The van der Waals surface area contributed by atoms with Crippen molar-refractivity contribution in [2.75, 3.05) is 5.32 Å². The molecule has 0 aliphatic rings. The molecule has 3 nitrogen and oxygen atoms in total. The zero-order valence-corrected chi connectivity index (χ0v) is 10.9. The number of hydrogen-bond donors (Lipinski definition) is 1. The number of carbonyl (C=O) groups is 1. The van der Waals surface area contributed by atoms with Crippen LogP contribution in [0.15, 0.2) is 79.0 Å². The summed E-state index contributed by atoms with van der Waals surface area (Å²) in [6.07, 6.45) is 1.88. The Hall–Kier alpha value is -2.81. The zero-order valence-electron chi connectivity index (χ0n) is 10.9. The van der Waals surface area contributed by atoms with Crippen molar-refractivity contribution in [1.29, 1.82) is 0 Å². The average Bonchev–Trinajstić information content (AvgIpc) is 2.99. The predicted molar refractivity (Wildman–Crippen MR) is 80.2 cm³/mol. The van der Waals surface area contributed by atoms with Gasteiger partial charge in [-0.1, -0.05) is 36.4 Å². The van der Waals surface area contributed by atoms with E-state index in [0.717, 1.165) is 11.4 Å². The normalized spacial score (nSPS) is 10.2. The van der Waals surface area contributed by atoms with Crippen LogP contribution in [-0.4, -0.2) is 10.5 Å². The van der Waals surface area contributed by atoms with Crippen LogP contribution in [0.4, 0.5) is 5.69 Å². The maximum Gasteiger partial charge on any atom is 0.272 e. The molecule has 2 aromatic carbocycles. The van der Waals surface area contributed by atoms with E-state index in [0.29, 0.717) is 5.69 Å². The van der Waals surface area contributed by atoms with Gasteiger partial charge in [-0.05, 0) is 36.4 Å². The number of para-hydroxylation sites is 2. The van der Waals surface area contributed by atoms with E-state index >= 15 is 0 Å². The van der Waals surface area contributed by atoms with E-state index in [1.807, 2.05) is 83.6 Å². The van der Waals surface area contributed by atoms with Crippen LogP contribution in [-0.2, 0) is 0 Å². The predicted octanol–water partition coefficient (Wildman–Crippen LogP) is 3.73. The largest absolute Gasteiger partial charge is 0.321 e. The fourth-order valence-corrected chi connectivity index (χ4v) is 2.10. The number of nitrogens with one attached hydrogen (secondary N) is 1. The van der Waals surface area contributed by atoms with Gasteiger partial charge >= 0.3 is 0 Å². The first-order valence-corrected chi connectivity index (χ1v) is 6.44. The monoisotopic (exact) mass is 262 g/mol. The Kier molecular flexibility index (Phi) is 3.33. The van der Waals surface area contributed by atoms with Gasteiger partial charge in [0, 0.05) is 17.6 Å². The molecular formula is C17H14N2O. The topological polar surface area (TPSA) is 34.0 Å². The van der Waals surface area contributed by atoms with Crippen LogP contribution in [0.25, 0.3) is 5.69 Å². The summed E-state index contributed by atoms with van der Waals surface area (Å²) in [6.45, 7) is 0. The van der Waals surface area contributed by atoms with Gasteiger partial charge < -0.3 is 9.88 Å². The lowest BCUT2D eigenvalue weighted by molar-refractivity contribution is 0.102. The minimum absolute atomic E-state index is 0.120. The summed E-state index contributed by atoms with van der Waals surface area (Å²) < 4.78 is 1.87. The van der Waals surface area contributed by atoms with Crippen LogP contribution >= 0.6 is 0 Å². The highest BCUT2D eigenvalue weighted by molar-refractivity contribution is 6.03. The Morgan fingerprint density at radius 2 is 1.45 bits per heavy atom. The first-order valence-electron chi connectivity index (χ1n) is 6.44. The summed E-state index contributed by atoms with van der Waals surface area (Å²) in [5.74, 6) is -0.120. The van der Waals surface area contributed by atoms with Crippen LogP contribution in [0.1, 0.15) is 10.5 Å². The minimum atomic E-state index is -0.120. The average molecular weight is 262 g/mol. The number of nitrogens with zero attached hydrogens (tertiary/aromatic N) is 1. The summed E-state index contributed by atoms with van der Waals surface area (Å²) in [4.78, 5) is 12.3. The van der Waals surface area contributed by atoms with Gasteiger partial charge in [-0.2, -0.15) is 0 Å². The molecule has 1 amide bonds. The van der Waals surface area contributed by atoms with E-state index in [1.54, 1.807) is 0 Å². The van der Waals surface area contributed by atoms with Gasteiger partial charge in [0.1, 0.15) is 5.69 Å². The first-order chi connectivity index (χ1) is 9.84. The van der Waals surface area contributed by atoms with Gasteiger partial charge in [-0.3, -0.25) is 4.79 Å². The Labute approximate surface area is 117 Å². The Morgan fingerprint density at radius 3 is 2.15 bits per heavy atom. The van der Waals surface area contributed by atoms with E-state index in [2.05, 4.69) is 5.32 Å². The number of benzene rings is 2. The molecule has 1 aromatic heterocycles. The second-order valence-corrected chi connectivity index (χ2v) is 4.42. The fraction of sp³-hybridized carbons (Fsp3) is 0. The Balaban J connectivity index is 1.88. The molecular weight excluding hydrogens is 248 g/mol.